The Hall–Kier alpha value is -5.84. The van der Waals surface area contributed by atoms with Crippen LogP contribution in [0.25, 0.3) is 0 Å². The first-order chi connectivity index (χ1) is 30.6. The van der Waals surface area contributed by atoms with Gasteiger partial charge >= 0.3 is 11.9 Å². The Morgan fingerprint density at radius 1 is 0.500 bits per heavy atom. The lowest BCUT2D eigenvalue weighted by atomic mass is 9.96. The van der Waals surface area contributed by atoms with Crippen LogP contribution in [-0.2, 0) is 54.7 Å². The molecule has 4 aromatic carbocycles. The fraction of sp³-hybridized carbons (Fsp3) is 0.375. The van der Waals surface area contributed by atoms with Crippen LogP contribution in [0.1, 0.15) is 49.9 Å². The summed E-state index contributed by atoms with van der Waals surface area (Å²) < 4.78 is -1.16. The number of β-lactam (4-membered cyclic amide) rings is 2. The van der Waals surface area contributed by atoms with Crippen molar-refractivity contribution >= 4 is 59.1 Å². The van der Waals surface area contributed by atoms with E-state index in [2.05, 4.69) is 69.8 Å². The maximum absolute atomic E-state index is 12.3. The van der Waals surface area contributed by atoms with Gasteiger partial charge in [0.25, 0.3) is 0 Å². The highest BCUT2D eigenvalue weighted by atomic mass is 32.2. The third kappa shape index (κ3) is 14.3. The Morgan fingerprint density at radius 3 is 1.06 bits per heavy atom. The zero-order valence-electron chi connectivity index (χ0n) is 38.3. The Morgan fingerprint density at radius 2 is 0.779 bits per heavy atom. The molecule has 4 aliphatic heterocycles. The van der Waals surface area contributed by atoms with Crippen LogP contribution in [0.5, 0.6) is 0 Å². The quantitative estimate of drug-likeness (QED) is 0.0718. The number of thioether (sulfide) groups is 2. The number of hydrogen-bond donors (Lipinski definition) is 6. The molecular formula is C48H64N6O12S2. The molecular weight excluding hydrogens is 917 g/mol. The van der Waals surface area contributed by atoms with Crippen LogP contribution in [-0.4, -0.2) is 135 Å². The molecule has 0 radical (unpaired) electrons. The molecule has 0 spiro atoms. The van der Waals surface area contributed by atoms with E-state index in [9.17, 15) is 39.0 Å². The molecule has 6 atom stereocenters. The number of nitrogens with zero attached hydrogens (tertiary/aromatic N) is 2. The van der Waals surface area contributed by atoms with Gasteiger partial charge < -0.3 is 63.2 Å². The van der Waals surface area contributed by atoms with Crippen molar-refractivity contribution in [3.8, 4) is 0 Å². The van der Waals surface area contributed by atoms with Crippen LogP contribution < -0.4 is 21.3 Å². The van der Waals surface area contributed by atoms with Crippen LogP contribution in [0.4, 0.5) is 0 Å². The van der Waals surface area contributed by atoms with E-state index in [0.717, 1.165) is 37.3 Å². The van der Waals surface area contributed by atoms with Crippen LogP contribution in [0.3, 0.4) is 0 Å². The van der Waals surface area contributed by atoms with Crippen LogP contribution >= 0.6 is 23.5 Å². The minimum Gasteiger partial charge on any atom is -0.480 e. The summed E-state index contributed by atoms with van der Waals surface area (Å²) in [6.07, 6.45) is 0.404. The molecule has 4 aromatic rings. The molecule has 370 valence electrons. The SMILES string of the molecule is CC1(C)SC2C(NC(=O)Cc3ccccc3)C(=O)N2C1C(=O)O.CC1(C)SC2C(NC(=O)Cc3ccccc3)C(=O)N2C1C(=O)O.O.O.O.O.c1ccc(CNCCNCc2ccccc2)cc1. The third-order valence-corrected chi connectivity index (χ3v) is 14.4. The lowest BCUT2D eigenvalue weighted by molar-refractivity contribution is -0.161. The van der Waals surface area contributed by atoms with E-state index in [4.69, 9.17) is 0 Å². The maximum Gasteiger partial charge on any atom is 0.327 e. The number of aliphatic carboxylic acids is 2. The van der Waals surface area contributed by atoms with E-state index in [1.165, 1.54) is 44.5 Å². The molecule has 0 aliphatic carbocycles. The maximum atomic E-state index is 12.3. The number of fused-ring (bicyclic) bond motifs is 2. The summed E-state index contributed by atoms with van der Waals surface area (Å²) in [6, 6.07) is 36.5. The van der Waals surface area contributed by atoms with Gasteiger partial charge in [-0.1, -0.05) is 121 Å². The Balaban J connectivity index is 0.000000343. The Labute approximate surface area is 404 Å². The van der Waals surface area contributed by atoms with Gasteiger partial charge in [0.1, 0.15) is 34.9 Å². The van der Waals surface area contributed by atoms with E-state index >= 15 is 0 Å². The van der Waals surface area contributed by atoms with E-state index < -0.39 is 45.6 Å². The highest BCUT2D eigenvalue weighted by Crippen LogP contribution is 2.51. The molecule has 4 saturated heterocycles. The van der Waals surface area contributed by atoms with Crippen molar-refractivity contribution in [2.24, 2.45) is 0 Å². The van der Waals surface area contributed by atoms with Gasteiger partial charge in [-0.3, -0.25) is 19.2 Å². The van der Waals surface area contributed by atoms with Crippen molar-refractivity contribution < 1.29 is 60.9 Å². The number of carbonyl (C=O) groups excluding carboxylic acids is 4. The second kappa shape index (κ2) is 26.1. The van der Waals surface area contributed by atoms with Gasteiger partial charge in [0.05, 0.1) is 12.8 Å². The molecule has 18 nitrogen and oxygen atoms in total. The van der Waals surface area contributed by atoms with Gasteiger partial charge in [-0.2, -0.15) is 0 Å². The van der Waals surface area contributed by atoms with Crippen LogP contribution in [0, 0.1) is 0 Å². The number of amides is 4. The number of rotatable bonds is 15. The zero-order chi connectivity index (χ0) is 46.0. The average molecular weight is 981 g/mol. The summed E-state index contributed by atoms with van der Waals surface area (Å²) in [6.45, 7) is 11.1. The molecule has 4 aliphatic rings. The summed E-state index contributed by atoms with van der Waals surface area (Å²) in [5.74, 6) is -3.11. The molecule has 14 N–H and O–H groups in total. The highest BCUT2D eigenvalue weighted by molar-refractivity contribution is 8.02. The predicted molar refractivity (Wildman–Crippen MR) is 262 cm³/mol. The van der Waals surface area contributed by atoms with Crippen LogP contribution in [0.15, 0.2) is 121 Å². The van der Waals surface area contributed by atoms with Crippen molar-refractivity contribution in [2.45, 2.75) is 98.0 Å². The number of hydrogen-bond acceptors (Lipinski definition) is 10. The molecule has 0 saturated carbocycles. The number of carboxylic acid groups (broad SMARTS) is 2. The van der Waals surface area contributed by atoms with Crippen molar-refractivity contribution in [2.75, 3.05) is 13.1 Å². The van der Waals surface area contributed by atoms with E-state index in [0.29, 0.717) is 0 Å². The van der Waals surface area contributed by atoms with Gasteiger partial charge in [-0.15, -0.1) is 23.5 Å². The Bertz CT molecular complexity index is 2110. The van der Waals surface area contributed by atoms with Gasteiger partial charge in [0.2, 0.25) is 23.6 Å². The van der Waals surface area contributed by atoms with Gasteiger partial charge in [0, 0.05) is 35.7 Å². The smallest absolute Gasteiger partial charge is 0.327 e. The molecule has 4 fully saturated rings. The largest absolute Gasteiger partial charge is 0.480 e. The van der Waals surface area contributed by atoms with Gasteiger partial charge in [0.15, 0.2) is 0 Å². The summed E-state index contributed by atoms with van der Waals surface area (Å²) in [5.41, 5.74) is 4.41. The van der Waals surface area contributed by atoms with E-state index in [1.807, 2.05) is 100 Å². The van der Waals surface area contributed by atoms with Crippen LogP contribution in [0.2, 0.25) is 0 Å². The fourth-order valence-electron chi connectivity index (χ4n) is 8.14. The van der Waals surface area contributed by atoms with E-state index in [-0.39, 0.29) is 69.1 Å². The number of benzene rings is 4. The standard InChI is InChI=1S/2C16H18N2O4S.C16H20N2.4H2O/c2*1-16(2)12(15(21)22)18-13(20)11(14(18)23-16)17-10(19)8-9-6-4-3-5-7-9;1-3-7-15(8-4-1)13-17-11-12-18-14-16-9-5-2-6-10-16;;;;/h2*3-7,11-12,14H,8H2,1-2H3,(H,17,19)(H,21,22);1-10,17-18H,11-14H2;4*1H2. The van der Waals surface area contributed by atoms with Crippen molar-refractivity contribution in [1.82, 2.24) is 31.1 Å². The molecule has 68 heavy (non-hydrogen) atoms. The zero-order valence-corrected chi connectivity index (χ0v) is 39.9. The highest BCUT2D eigenvalue weighted by Gasteiger charge is 2.65. The first-order valence-corrected chi connectivity index (χ1v) is 22.9. The molecule has 8 rings (SSSR count). The average Bonchev–Trinajstić information content (AvgIpc) is 3.69. The molecule has 4 heterocycles. The molecule has 4 amide bonds. The first-order valence-electron chi connectivity index (χ1n) is 21.2. The third-order valence-electron chi connectivity index (χ3n) is 11.2. The predicted octanol–water partition coefficient (Wildman–Crippen LogP) is 0.989. The molecule has 6 unspecified atom stereocenters. The first kappa shape index (κ1) is 58.3. The van der Waals surface area contributed by atoms with Crippen molar-refractivity contribution in [3.05, 3.63) is 144 Å². The fourth-order valence-corrected chi connectivity index (χ4v) is 11.4. The van der Waals surface area contributed by atoms with E-state index in [1.54, 1.807) is 0 Å². The minimum absolute atomic E-state index is 0. The summed E-state index contributed by atoms with van der Waals surface area (Å²) in [4.78, 5) is 74.4. The monoisotopic (exact) mass is 980 g/mol. The Kier molecular flexibility index (Phi) is 22.3. The summed E-state index contributed by atoms with van der Waals surface area (Å²) >= 11 is 2.85. The molecule has 0 aromatic heterocycles. The number of carbonyl (C=O) groups is 6. The summed E-state index contributed by atoms with van der Waals surface area (Å²) in [5, 5.41) is 30.4. The molecule has 20 heteroatoms. The van der Waals surface area contributed by atoms with Gasteiger partial charge in [-0.25, -0.2) is 9.59 Å². The summed E-state index contributed by atoms with van der Waals surface area (Å²) in [7, 11) is 0. The van der Waals surface area contributed by atoms with Crippen molar-refractivity contribution in [3.63, 3.8) is 0 Å². The van der Waals surface area contributed by atoms with Gasteiger partial charge in [-0.05, 0) is 49.9 Å². The lowest BCUT2D eigenvalue weighted by Crippen LogP contribution is -2.70. The normalized spacial score (nSPS) is 21.7. The molecule has 0 bridgehead atoms. The van der Waals surface area contributed by atoms with Crippen molar-refractivity contribution in [1.29, 1.82) is 0 Å². The number of nitrogens with one attached hydrogen (secondary N) is 4. The minimum atomic E-state index is -1.01. The lowest BCUT2D eigenvalue weighted by Gasteiger charge is -2.43. The number of carboxylic acids is 2. The second-order valence-electron chi connectivity index (χ2n) is 16.9. The second-order valence-corrected chi connectivity index (χ2v) is 20.5. The topological polar surface area (TPSA) is 323 Å².